The molecule has 0 aromatic heterocycles. The number of hydrogen-bond donors (Lipinski definition) is 1. The van der Waals surface area contributed by atoms with Crippen LogP contribution < -0.4 is 10.4 Å². The molecule has 0 spiro atoms. The largest absolute Gasteiger partial charge is 0.872 e. The van der Waals surface area contributed by atoms with Gasteiger partial charge < -0.3 is 10.4 Å². The maximum atomic E-state index is 11.7. The molecule has 6 nitrogen and oxygen atoms in total. The summed E-state index contributed by atoms with van der Waals surface area (Å²) in [6.45, 7) is 5.27. The predicted octanol–water partition coefficient (Wildman–Crippen LogP) is 1.20. The van der Waals surface area contributed by atoms with Crippen LogP contribution in [0.15, 0.2) is 18.2 Å². The van der Waals surface area contributed by atoms with Gasteiger partial charge in [-0.05, 0) is 20.8 Å². The minimum absolute atomic E-state index is 0.214. The normalized spacial score (nSPS) is 11.0. The average molecular weight is 237 g/mol. The third-order valence-corrected chi connectivity index (χ3v) is 1.91. The van der Waals surface area contributed by atoms with E-state index in [0.29, 0.717) is 0 Å². The third-order valence-electron chi connectivity index (χ3n) is 1.91. The number of nitro benzene ring substituents is 1. The highest BCUT2D eigenvalue weighted by molar-refractivity contribution is 5.97. The van der Waals surface area contributed by atoms with Gasteiger partial charge in [0.1, 0.15) is 0 Å². The highest BCUT2D eigenvalue weighted by Gasteiger charge is 2.17. The van der Waals surface area contributed by atoms with Crippen molar-refractivity contribution in [1.82, 2.24) is 5.32 Å². The molecule has 1 aromatic rings. The molecule has 0 atom stereocenters. The maximum Gasteiger partial charge on any atom is 0.270 e. The summed E-state index contributed by atoms with van der Waals surface area (Å²) in [5.41, 5.74) is -0.994. The Balaban J connectivity index is 3.08. The molecule has 1 aromatic carbocycles. The standard InChI is InChI=1S/C11H14N2O4/c1-11(2,3)12-10(15)8-6-7(13(16)17)4-5-9(8)14/h4-6,14H,1-3H3,(H,12,15)/p-1. The molecule has 92 valence electrons. The number of nitrogens with zero attached hydrogens (tertiary/aromatic N) is 1. The Labute approximate surface area is 98.4 Å². The van der Waals surface area contributed by atoms with E-state index in [4.69, 9.17) is 0 Å². The van der Waals surface area contributed by atoms with Crippen LogP contribution in [0, 0.1) is 10.1 Å². The van der Waals surface area contributed by atoms with E-state index in [2.05, 4.69) is 5.32 Å². The summed E-state index contributed by atoms with van der Waals surface area (Å²) in [4.78, 5) is 21.6. The Morgan fingerprint density at radius 1 is 1.35 bits per heavy atom. The fraction of sp³-hybridized carbons (Fsp3) is 0.364. The fourth-order valence-corrected chi connectivity index (χ4v) is 1.22. The summed E-state index contributed by atoms with van der Waals surface area (Å²) >= 11 is 0. The molecule has 0 aliphatic carbocycles. The van der Waals surface area contributed by atoms with E-state index in [1.54, 1.807) is 20.8 Å². The zero-order valence-corrected chi connectivity index (χ0v) is 9.81. The predicted molar refractivity (Wildman–Crippen MR) is 59.8 cm³/mol. The Bertz CT molecular complexity index is 463. The summed E-state index contributed by atoms with van der Waals surface area (Å²) < 4.78 is 0. The van der Waals surface area contributed by atoms with Crippen LogP contribution in [0.5, 0.6) is 5.75 Å². The minimum atomic E-state index is -0.646. The van der Waals surface area contributed by atoms with Gasteiger partial charge in [0, 0.05) is 23.2 Å². The van der Waals surface area contributed by atoms with Crippen molar-refractivity contribution in [3.8, 4) is 5.75 Å². The molecule has 0 fully saturated rings. The summed E-state index contributed by atoms with van der Waals surface area (Å²) in [6.07, 6.45) is 0. The Morgan fingerprint density at radius 3 is 2.41 bits per heavy atom. The van der Waals surface area contributed by atoms with E-state index in [1.807, 2.05) is 0 Å². The van der Waals surface area contributed by atoms with Crippen LogP contribution in [0.2, 0.25) is 0 Å². The van der Waals surface area contributed by atoms with Gasteiger partial charge in [0.2, 0.25) is 0 Å². The van der Waals surface area contributed by atoms with Crippen molar-refractivity contribution >= 4 is 11.6 Å². The van der Waals surface area contributed by atoms with Gasteiger partial charge in [-0.15, -0.1) is 0 Å². The van der Waals surface area contributed by atoms with Gasteiger partial charge in [-0.25, -0.2) is 0 Å². The quantitative estimate of drug-likeness (QED) is 0.617. The minimum Gasteiger partial charge on any atom is -0.872 e. The first-order valence-corrected chi connectivity index (χ1v) is 4.99. The molecule has 0 aliphatic rings. The van der Waals surface area contributed by atoms with Crippen LogP contribution in [-0.4, -0.2) is 16.4 Å². The number of benzene rings is 1. The fourth-order valence-electron chi connectivity index (χ4n) is 1.22. The summed E-state index contributed by atoms with van der Waals surface area (Å²) in [5.74, 6) is -1.14. The van der Waals surface area contributed by atoms with Gasteiger partial charge >= 0.3 is 0 Å². The monoisotopic (exact) mass is 237 g/mol. The molecule has 1 rings (SSSR count). The maximum absolute atomic E-state index is 11.7. The van der Waals surface area contributed by atoms with Crippen molar-refractivity contribution in [2.75, 3.05) is 0 Å². The van der Waals surface area contributed by atoms with E-state index in [1.165, 1.54) is 0 Å². The molecule has 0 bridgehead atoms. The molecule has 0 aliphatic heterocycles. The van der Waals surface area contributed by atoms with Crippen LogP contribution in [0.25, 0.3) is 0 Å². The van der Waals surface area contributed by atoms with Gasteiger partial charge in [-0.2, -0.15) is 0 Å². The first-order chi connectivity index (χ1) is 7.70. The lowest BCUT2D eigenvalue weighted by Gasteiger charge is -2.22. The number of amides is 1. The van der Waals surface area contributed by atoms with Crippen molar-refractivity contribution in [1.29, 1.82) is 0 Å². The number of carbonyl (C=O) groups is 1. The lowest BCUT2D eigenvalue weighted by atomic mass is 10.1. The second kappa shape index (κ2) is 4.40. The second-order valence-electron chi connectivity index (χ2n) is 4.64. The van der Waals surface area contributed by atoms with Gasteiger partial charge in [0.25, 0.3) is 11.6 Å². The molecule has 0 unspecified atom stereocenters. The molecule has 6 heteroatoms. The lowest BCUT2D eigenvalue weighted by Crippen LogP contribution is -2.40. The highest BCUT2D eigenvalue weighted by Crippen LogP contribution is 2.21. The molecule has 0 saturated carbocycles. The third kappa shape index (κ3) is 3.44. The molecule has 1 amide bonds. The molecule has 1 N–H and O–H groups in total. The first-order valence-electron chi connectivity index (χ1n) is 4.99. The van der Waals surface area contributed by atoms with Crippen molar-refractivity contribution in [3.63, 3.8) is 0 Å². The number of rotatable bonds is 2. The van der Waals surface area contributed by atoms with Gasteiger partial charge in [0.05, 0.1) is 4.92 Å². The van der Waals surface area contributed by atoms with Gasteiger partial charge in [-0.3, -0.25) is 14.9 Å². The van der Waals surface area contributed by atoms with Gasteiger partial charge in [-0.1, -0.05) is 11.8 Å². The molecule has 0 saturated heterocycles. The second-order valence-corrected chi connectivity index (χ2v) is 4.64. The summed E-state index contributed by atoms with van der Waals surface area (Å²) in [7, 11) is 0. The van der Waals surface area contributed by atoms with Crippen LogP contribution in [0.1, 0.15) is 31.1 Å². The number of nitro groups is 1. The number of nitrogens with one attached hydrogen (secondary N) is 1. The Kier molecular flexibility index (Phi) is 3.36. The first kappa shape index (κ1) is 13.0. The van der Waals surface area contributed by atoms with Crippen molar-refractivity contribution in [2.45, 2.75) is 26.3 Å². The van der Waals surface area contributed by atoms with Crippen LogP contribution in [0.4, 0.5) is 5.69 Å². The number of hydrogen-bond acceptors (Lipinski definition) is 4. The summed E-state index contributed by atoms with van der Waals surface area (Å²) in [5, 5.41) is 24.6. The molecular formula is C11H13N2O4-. The van der Waals surface area contributed by atoms with E-state index in [9.17, 15) is 20.0 Å². The molecule has 0 heterocycles. The molecule has 17 heavy (non-hydrogen) atoms. The van der Waals surface area contributed by atoms with E-state index < -0.39 is 22.1 Å². The van der Waals surface area contributed by atoms with E-state index in [0.717, 1.165) is 18.2 Å². The topological polar surface area (TPSA) is 95.3 Å². The van der Waals surface area contributed by atoms with Gasteiger partial charge in [0.15, 0.2) is 0 Å². The van der Waals surface area contributed by atoms with Crippen molar-refractivity contribution < 1.29 is 14.8 Å². The van der Waals surface area contributed by atoms with E-state index in [-0.39, 0.29) is 11.3 Å². The number of non-ortho nitro benzene ring substituents is 1. The zero-order valence-electron chi connectivity index (χ0n) is 9.81. The van der Waals surface area contributed by atoms with Crippen LogP contribution >= 0.6 is 0 Å². The zero-order chi connectivity index (χ0) is 13.2. The molecular weight excluding hydrogens is 224 g/mol. The SMILES string of the molecule is CC(C)(C)NC(=O)c1cc([N+](=O)[O-])ccc1[O-]. The Morgan fingerprint density at radius 2 is 1.94 bits per heavy atom. The van der Waals surface area contributed by atoms with Crippen LogP contribution in [0.3, 0.4) is 0 Å². The average Bonchev–Trinajstić information content (AvgIpc) is 2.14. The summed E-state index contributed by atoms with van der Waals surface area (Å²) in [6, 6.07) is 3.09. The van der Waals surface area contributed by atoms with E-state index >= 15 is 0 Å². The lowest BCUT2D eigenvalue weighted by molar-refractivity contribution is -0.385. The molecule has 0 radical (unpaired) electrons. The Hall–Kier alpha value is -2.11. The number of carbonyl (C=O) groups excluding carboxylic acids is 1. The van der Waals surface area contributed by atoms with Crippen LogP contribution in [-0.2, 0) is 0 Å². The highest BCUT2D eigenvalue weighted by atomic mass is 16.6. The van der Waals surface area contributed by atoms with Crippen molar-refractivity contribution in [2.24, 2.45) is 0 Å². The van der Waals surface area contributed by atoms with Crippen molar-refractivity contribution in [3.05, 3.63) is 33.9 Å². The smallest absolute Gasteiger partial charge is 0.270 e.